The van der Waals surface area contributed by atoms with Crippen molar-refractivity contribution in [2.24, 2.45) is 0 Å². The predicted molar refractivity (Wildman–Crippen MR) is 86.3 cm³/mol. The number of hydrogen-bond donors (Lipinski definition) is 2. The molecule has 0 radical (unpaired) electrons. The van der Waals surface area contributed by atoms with E-state index in [2.05, 4.69) is 27.4 Å². The molecule has 1 fully saturated rings. The van der Waals surface area contributed by atoms with Crippen LogP contribution in [0.2, 0.25) is 0 Å². The Morgan fingerprint density at radius 2 is 1.82 bits per heavy atom. The topological polar surface area (TPSA) is 40.7 Å². The molecule has 0 spiro atoms. The van der Waals surface area contributed by atoms with Crippen molar-refractivity contribution < 1.29 is 4.39 Å². The molecule has 1 saturated heterocycles. The third-order valence-corrected chi connectivity index (χ3v) is 4.55. The molecule has 0 saturated carbocycles. The average Bonchev–Trinajstić information content (AvgIpc) is 3.04. The molecule has 2 aromatic heterocycles. The second kappa shape index (κ2) is 5.54. The summed E-state index contributed by atoms with van der Waals surface area (Å²) in [6.07, 6.45) is 5.43. The van der Waals surface area contributed by atoms with E-state index in [9.17, 15) is 4.39 Å². The van der Waals surface area contributed by atoms with Crippen LogP contribution in [0.15, 0.2) is 42.7 Å². The molecule has 1 aliphatic heterocycles. The molecule has 0 aliphatic carbocycles. The normalized spacial score (nSPS) is 16.2. The number of piperidine rings is 1. The van der Waals surface area contributed by atoms with Crippen LogP contribution in [-0.4, -0.2) is 23.1 Å². The van der Waals surface area contributed by atoms with Crippen molar-refractivity contribution in [3.8, 4) is 11.1 Å². The van der Waals surface area contributed by atoms with E-state index in [4.69, 9.17) is 0 Å². The lowest BCUT2D eigenvalue weighted by Gasteiger charge is -2.23. The first kappa shape index (κ1) is 13.5. The molecule has 3 nitrogen and oxygen atoms in total. The van der Waals surface area contributed by atoms with Crippen LogP contribution in [0, 0.1) is 5.82 Å². The van der Waals surface area contributed by atoms with Gasteiger partial charge in [-0.15, -0.1) is 0 Å². The molecule has 0 atom stereocenters. The van der Waals surface area contributed by atoms with Gasteiger partial charge in [-0.25, -0.2) is 9.37 Å². The van der Waals surface area contributed by atoms with E-state index in [0.29, 0.717) is 11.5 Å². The van der Waals surface area contributed by atoms with Gasteiger partial charge in [0.1, 0.15) is 11.5 Å². The summed E-state index contributed by atoms with van der Waals surface area (Å²) in [6, 6.07) is 10.2. The number of aromatic nitrogens is 2. The zero-order chi connectivity index (χ0) is 14.9. The van der Waals surface area contributed by atoms with Gasteiger partial charge in [0, 0.05) is 17.1 Å². The largest absolute Gasteiger partial charge is 0.346 e. The maximum atomic E-state index is 14.3. The van der Waals surface area contributed by atoms with Gasteiger partial charge in [-0.05, 0) is 49.0 Å². The second-order valence-corrected chi connectivity index (χ2v) is 5.87. The summed E-state index contributed by atoms with van der Waals surface area (Å²) in [4.78, 5) is 7.12. The summed E-state index contributed by atoms with van der Waals surface area (Å²) >= 11 is 0. The number of nitrogens with one attached hydrogen (secondary N) is 2. The molecule has 4 heteroatoms. The van der Waals surface area contributed by atoms with Crippen LogP contribution in [-0.2, 0) is 0 Å². The molecule has 1 aromatic carbocycles. The fraction of sp³-hybridized carbons (Fsp3) is 0.278. The summed E-state index contributed by atoms with van der Waals surface area (Å²) in [5.41, 5.74) is 3.61. The zero-order valence-electron chi connectivity index (χ0n) is 12.3. The Morgan fingerprint density at radius 1 is 1.05 bits per heavy atom. The van der Waals surface area contributed by atoms with Gasteiger partial charge in [0.05, 0.1) is 6.20 Å². The van der Waals surface area contributed by atoms with Crippen molar-refractivity contribution in [2.75, 3.05) is 13.1 Å². The van der Waals surface area contributed by atoms with E-state index < -0.39 is 0 Å². The number of pyridine rings is 1. The van der Waals surface area contributed by atoms with E-state index in [1.807, 2.05) is 18.2 Å². The third kappa shape index (κ3) is 2.29. The number of benzene rings is 1. The van der Waals surface area contributed by atoms with Gasteiger partial charge in [-0.3, -0.25) is 0 Å². The van der Waals surface area contributed by atoms with Gasteiger partial charge in [0.25, 0.3) is 0 Å². The highest BCUT2D eigenvalue weighted by molar-refractivity contribution is 5.93. The fourth-order valence-electron chi connectivity index (χ4n) is 3.35. The summed E-state index contributed by atoms with van der Waals surface area (Å²) in [7, 11) is 0. The molecule has 0 amide bonds. The van der Waals surface area contributed by atoms with Crippen molar-refractivity contribution in [1.82, 2.24) is 15.3 Å². The molecule has 0 bridgehead atoms. The first-order chi connectivity index (χ1) is 10.8. The second-order valence-electron chi connectivity index (χ2n) is 5.87. The number of fused-ring (bicyclic) bond motifs is 1. The van der Waals surface area contributed by atoms with Crippen LogP contribution in [0.3, 0.4) is 0 Å². The van der Waals surface area contributed by atoms with Gasteiger partial charge in [0.2, 0.25) is 0 Å². The van der Waals surface area contributed by atoms with E-state index in [-0.39, 0.29) is 5.82 Å². The highest BCUT2D eigenvalue weighted by atomic mass is 19.1. The minimum absolute atomic E-state index is 0.276. The highest BCUT2D eigenvalue weighted by Crippen LogP contribution is 2.32. The molecule has 0 unspecified atom stereocenters. The molecular formula is C18H18FN3. The number of nitrogens with zero attached hydrogens (tertiary/aromatic N) is 1. The Hall–Kier alpha value is -2.20. The molecule has 2 N–H and O–H groups in total. The maximum Gasteiger partial charge on any atom is 0.150 e. The summed E-state index contributed by atoms with van der Waals surface area (Å²) in [6.45, 7) is 2.16. The van der Waals surface area contributed by atoms with Gasteiger partial charge < -0.3 is 10.3 Å². The van der Waals surface area contributed by atoms with Crippen molar-refractivity contribution in [1.29, 1.82) is 0 Å². The van der Waals surface area contributed by atoms with Crippen molar-refractivity contribution >= 4 is 11.0 Å². The number of halogens is 1. The van der Waals surface area contributed by atoms with E-state index in [0.717, 1.165) is 29.7 Å². The molecular weight excluding hydrogens is 277 g/mol. The zero-order valence-corrected chi connectivity index (χ0v) is 12.3. The Bertz CT molecular complexity index is 786. The van der Waals surface area contributed by atoms with Crippen molar-refractivity contribution in [3.05, 3.63) is 54.1 Å². The van der Waals surface area contributed by atoms with E-state index >= 15 is 0 Å². The van der Waals surface area contributed by atoms with E-state index in [1.165, 1.54) is 24.6 Å². The SMILES string of the molecule is Fc1cnc2[nH]ccc2c1-c1ccc(C2CCNCC2)cc1. The Balaban J connectivity index is 1.73. The molecule has 112 valence electrons. The number of aromatic amines is 1. The van der Waals surface area contributed by atoms with Crippen LogP contribution < -0.4 is 5.32 Å². The average molecular weight is 295 g/mol. The van der Waals surface area contributed by atoms with E-state index in [1.54, 1.807) is 6.20 Å². The summed E-state index contributed by atoms with van der Waals surface area (Å²) in [5, 5.41) is 4.21. The standard InChI is InChI=1S/C18H18FN3/c19-16-11-22-18-15(7-10-21-18)17(16)14-3-1-12(2-4-14)13-5-8-20-9-6-13/h1-4,7,10-11,13,20H,5-6,8-9H2,(H,21,22). The van der Waals surface area contributed by atoms with Crippen LogP contribution in [0.25, 0.3) is 22.2 Å². The first-order valence-electron chi connectivity index (χ1n) is 7.75. The molecule has 22 heavy (non-hydrogen) atoms. The highest BCUT2D eigenvalue weighted by Gasteiger charge is 2.16. The first-order valence-corrected chi connectivity index (χ1v) is 7.75. The fourth-order valence-corrected chi connectivity index (χ4v) is 3.35. The lowest BCUT2D eigenvalue weighted by atomic mass is 9.89. The number of hydrogen-bond acceptors (Lipinski definition) is 2. The van der Waals surface area contributed by atoms with Gasteiger partial charge in [-0.2, -0.15) is 0 Å². The van der Waals surface area contributed by atoms with Crippen LogP contribution >= 0.6 is 0 Å². The Morgan fingerprint density at radius 3 is 2.59 bits per heavy atom. The molecule has 3 heterocycles. The minimum atomic E-state index is -0.276. The molecule has 1 aliphatic rings. The Kier molecular flexibility index (Phi) is 3.39. The van der Waals surface area contributed by atoms with Crippen LogP contribution in [0.1, 0.15) is 24.3 Å². The van der Waals surface area contributed by atoms with Crippen LogP contribution in [0.4, 0.5) is 4.39 Å². The molecule has 3 aromatic rings. The van der Waals surface area contributed by atoms with Crippen LogP contribution in [0.5, 0.6) is 0 Å². The monoisotopic (exact) mass is 295 g/mol. The molecule has 4 rings (SSSR count). The third-order valence-electron chi connectivity index (χ3n) is 4.55. The van der Waals surface area contributed by atoms with Gasteiger partial charge >= 0.3 is 0 Å². The van der Waals surface area contributed by atoms with Gasteiger partial charge in [-0.1, -0.05) is 24.3 Å². The van der Waals surface area contributed by atoms with Crippen molar-refractivity contribution in [3.63, 3.8) is 0 Å². The smallest absolute Gasteiger partial charge is 0.150 e. The lowest BCUT2D eigenvalue weighted by molar-refractivity contribution is 0.460. The predicted octanol–water partition coefficient (Wildman–Crippen LogP) is 3.84. The summed E-state index contributed by atoms with van der Waals surface area (Å²) < 4.78 is 14.3. The Labute approximate surface area is 128 Å². The quantitative estimate of drug-likeness (QED) is 0.754. The summed E-state index contributed by atoms with van der Waals surface area (Å²) in [5.74, 6) is 0.339. The van der Waals surface area contributed by atoms with Crippen molar-refractivity contribution in [2.45, 2.75) is 18.8 Å². The minimum Gasteiger partial charge on any atom is -0.346 e. The number of H-pyrrole nitrogens is 1. The maximum absolute atomic E-state index is 14.3. The van der Waals surface area contributed by atoms with Gasteiger partial charge in [0.15, 0.2) is 0 Å². The number of rotatable bonds is 2. The lowest BCUT2D eigenvalue weighted by Crippen LogP contribution is -2.26.